The smallest absolute Gasteiger partial charge is 0.306 e. The molecular formula is C50H96O9. The summed E-state index contributed by atoms with van der Waals surface area (Å²) in [5, 5.41) is 40.2. The van der Waals surface area contributed by atoms with Crippen LogP contribution in [0.2, 0.25) is 0 Å². The minimum atomic E-state index is -1.53. The molecule has 1 fully saturated rings. The molecule has 0 bridgehead atoms. The van der Waals surface area contributed by atoms with Gasteiger partial charge in [0.25, 0.3) is 0 Å². The highest BCUT2D eigenvalue weighted by Crippen LogP contribution is 2.23. The fraction of sp³-hybridized carbons (Fsp3) is 0.940. The second-order valence-electron chi connectivity index (χ2n) is 17.6. The molecule has 59 heavy (non-hydrogen) atoms. The fourth-order valence-corrected chi connectivity index (χ4v) is 7.96. The van der Waals surface area contributed by atoms with Crippen LogP contribution in [0.3, 0.4) is 0 Å². The van der Waals surface area contributed by atoms with Crippen LogP contribution < -0.4 is 0 Å². The summed E-state index contributed by atoms with van der Waals surface area (Å²) in [7, 11) is 0. The van der Waals surface area contributed by atoms with Gasteiger partial charge >= 0.3 is 5.97 Å². The number of rotatable bonds is 44. The zero-order valence-corrected chi connectivity index (χ0v) is 38.5. The molecule has 1 saturated heterocycles. The second kappa shape index (κ2) is 42.2. The van der Waals surface area contributed by atoms with Gasteiger partial charge in [0.2, 0.25) is 0 Å². The first kappa shape index (κ1) is 55.9. The summed E-state index contributed by atoms with van der Waals surface area (Å²) in [5.41, 5.74) is 0. The molecule has 0 amide bonds. The summed E-state index contributed by atoms with van der Waals surface area (Å²) in [6.45, 7) is 4.60. The summed E-state index contributed by atoms with van der Waals surface area (Å²) in [6.07, 6.45) is 41.0. The maximum Gasteiger partial charge on any atom is 0.306 e. The van der Waals surface area contributed by atoms with E-state index in [1.54, 1.807) is 0 Å². The van der Waals surface area contributed by atoms with Gasteiger partial charge in [-0.2, -0.15) is 0 Å². The van der Waals surface area contributed by atoms with Crippen molar-refractivity contribution in [2.24, 2.45) is 0 Å². The van der Waals surface area contributed by atoms with Gasteiger partial charge in [-0.15, -0.1) is 0 Å². The monoisotopic (exact) mass is 841 g/mol. The Morgan fingerprint density at radius 2 is 0.932 bits per heavy atom. The largest absolute Gasteiger partial charge is 0.457 e. The lowest BCUT2D eigenvalue weighted by Crippen LogP contribution is -2.59. The number of ether oxygens (including phenoxy) is 4. The molecule has 6 unspecified atom stereocenters. The van der Waals surface area contributed by atoms with Crippen molar-refractivity contribution in [1.29, 1.82) is 0 Å². The van der Waals surface area contributed by atoms with Crippen LogP contribution in [0.15, 0.2) is 12.2 Å². The third kappa shape index (κ3) is 33.2. The quantitative estimate of drug-likeness (QED) is 0.0269. The summed E-state index contributed by atoms with van der Waals surface area (Å²) < 4.78 is 22.9. The maximum atomic E-state index is 12.8. The third-order valence-electron chi connectivity index (χ3n) is 11.9. The van der Waals surface area contributed by atoms with Gasteiger partial charge in [0.05, 0.1) is 19.8 Å². The fourth-order valence-electron chi connectivity index (χ4n) is 7.96. The topological polar surface area (TPSA) is 135 Å². The molecule has 0 radical (unpaired) electrons. The van der Waals surface area contributed by atoms with Crippen molar-refractivity contribution in [3.05, 3.63) is 12.2 Å². The van der Waals surface area contributed by atoms with E-state index in [9.17, 15) is 25.2 Å². The van der Waals surface area contributed by atoms with E-state index in [-0.39, 0.29) is 19.2 Å². The Kier molecular flexibility index (Phi) is 40.1. The van der Waals surface area contributed by atoms with Crippen LogP contribution in [0.5, 0.6) is 0 Å². The van der Waals surface area contributed by atoms with Gasteiger partial charge in [-0.25, -0.2) is 0 Å². The Hall–Kier alpha value is -1.07. The summed E-state index contributed by atoms with van der Waals surface area (Å²) in [4.78, 5) is 12.8. The van der Waals surface area contributed by atoms with Crippen molar-refractivity contribution in [3.8, 4) is 0 Å². The van der Waals surface area contributed by atoms with Crippen molar-refractivity contribution in [2.45, 2.75) is 275 Å². The molecular weight excluding hydrogens is 745 g/mol. The molecule has 0 saturated carbocycles. The average molecular weight is 841 g/mol. The standard InChI is InChI=1S/C50H96O9/c1-3-5-7-9-11-13-15-17-18-19-20-21-22-23-24-25-26-27-29-31-33-35-37-39-46(52)58-44(43-57-50-49(55)48(54)47(53)45(41-51)59-50)42-56-40-38-36-34-32-30-28-16-14-12-10-8-6-4-2/h19-20,44-45,47-51,53-55H,3-18,21-43H2,1-2H3/b20-19-. The lowest BCUT2D eigenvalue weighted by molar-refractivity contribution is -0.305. The highest BCUT2D eigenvalue weighted by atomic mass is 16.7. The van der Waals surface area contributed by atoms with E-state index in [2.05, 4.69) is 26.0 Å². The molecule has 1 rings (SSSR count). The van der Waals surface area contributed by atoms with Crippen LogP contribution in [0.25, 0.3) is 0 Å². The highest BCUT2D eigenvalue weighted by molar-refractivity contribution is 5.69. The number of esters is 1. The van der Waals surface area contributed by atoms with Gasteiger partial charge in [0, 0.05) is 13.0 Å². The van der Waals surface area contributed by atoms with Crippen molar-refractivity contribution in [3.63, 3.8) is 0 Å². The Morgan fingerprint density at radius 1 is 0.525 bits per heavy atom. The predicted octanol–water partition coefficient (Wildman–Crippen LogP) is 12.0. The first-order valence-electron chi connectivity index (χ1n) is 25.3. The number of carbonyl (C=O) groups excluding carboxylic acids is 1. The van der Waals surface area contributed by atoms with E-state index in [1.165, 1.54) is 186 Å². The molecule has 1 heterocycles. The SMILES string of the molecule is CCCCCCCCCC/C=C\CCCCCCCCCCCCCC(=O)OC(COCCCCCCCCCCCCCCC)COC1OC(CO)C(O)C(O)C1O. The van der Waals surface area contributed by atoms with E-state index in [0.29, 0.717) is 13.0 Å². The number of allylic oxidation sites excluding steroid dienone is 2. The molecule has 1 aliphatic rings. The normalized spacial score (nSPS) is 20.1. The molecule has 0 aromatic carbocycles. The van der Waals surface area contributed by atoms with Gasteiger partial charge < -0.3 is 39.4 Å². The highest BCUT2D eigenvalue weighted by Gasteiger charge is 2.44. The number of hydrogen-bond acceptors (Lipinski definition) is 9. The van der Waals surface area contributed by atoms with Crippen molar-refractivity contribution >= 4 is 5.97 Å². The zero-order chi connectivity index (χ0) is 42.9. The first-order chi connectivity index (χ1) is 28.9. The summed E-state index contributed by atoms with van der Waals surface area (Å²) >= 11 is 0. The van der Waals surface area contributed by atoms with Gasteiger partial charge in [0.1, 0.15) is 30.5 Å². The van der Waals surface area contributed by atoms with Gasteiger partial charge in [-0.05, 0) is 38.5 Å². The van der Waals surface area contributed by atoms with Crippen LogP contribution in [0.4, 0.5) is 0 Å². The number of unbranched alkanes of at least 4 members (excludes halogenated alkanes) is 31. The molecule has 4 N–H and O–H groups in total. The average Bonchev–Trinajstić information content (AvgIpc) is 3.24. The van der Waals surface area contributed by atoms with Crippen molar-refractivity contribution in [2.75, 3.05) is 26.4 Å². The molecule has 6 atom stereocenters. The molecule has 0 aromatic heterocycles. The van der Waals surface area contributed by atoms with E-state index >= 15 is 0 Å². The lowest BCUT2D eigenvalue weighted by Gasteiger charge is -2.39. The lowest BCUT2D eigenvalue weighted by atomic mass is 9.99. The molecule has 9 heteroatoms. The van der Waals surface area contributed by atoms with E-state index in [4.69, 9.17) is 18.9 Å². The van der Waals surface area contributed by atoms with E-state index in [0.717, 1.165) is 32.1 Å². The van der Waals surface area contributed by atoms with Crippen molar-refractivity contribution in [1.82, 2.24) is 0 Å². The predicted molar refractivity (Wildman–Crippen MR) is 243 cm³/mol. The van der Waals surface area contributed by atoms with Crippen LogP contribution >= 0.6 is 0 Å². The molecule has 1 aliphatic heterocycles. The van der Waals surface area contributed by atoms with Gasteiger partial charge in [-0.3, -0.25) is 4.79 Å². The second-order valence-corrected chi connectivity index (χ2v) is 17.6. The Bertz CT molecular complexity index is 915. The number of aliphatic hydroxyl groups excluding tert-OH is 4. The Balaban J connectivity index is 2.17. The Labute approximate surface area is 363 Å². The minimum absolute atomic E-state index is 0.108. The van der Waals surface area contributed by atoms with Crippen LogP contribution in [-0.2, 0) is 23.7 Å². The van der Waals surface area contributed by atoms with Gasteiger partial charge in [0.15, 0.2) is 6.29 Å². The van der Waals surface area contributed by atoms with Crippen LogP contribution in [-0.4, -0.2) is 89.6 Å². The number of carbonyl (C=O) groups is 1. The minimum Gasteiger partial charge on any atom is -0.457 e. The van der Waals surface area contributed by atoms with Gasteiger partial charge in [-0.1, -0.05) is 206 Å². The van der Waals surface area contributed by atoms with Crippen molar-refractivity contribution < 1.29 is 44.2 Å². The maximum absolute atomic E-state index is 12.8. The third-order valence-corrected chi connectivity index (χ3v) is 11.9. The molecule has 0 aromatic rings. The molecule has 0 spiro atoms. The summed E-state index contributed by atoms with van der Waals surface area (Å²) in [5.74, 6) is -0.309. The number of aliphatic hydroxyl groups is 4. The number of hydrogen-bond donors (Lipinski definition) is 4. The van der Waals surface area contributed by atoms with E-state index < -0.39 is 43.4 Å². The Morgan fingerprint density at radius 3 is 1.37 bits per heavy atom. The molecule has 0 aliphatic carbocycles. The zero-order valence-electron chi connectivity index (χ0n) is 38.5. The molecule has 350 valence electrons. The first-order valence-corrected chi connectivity index (χ1v) is 25.3. The van der Waals surface area contributed by atoms with Crippen LogP contribution in [0, 0.1) is 0 Å². The molecule has 9 nitrogen and oxygen atoms in total. The van der Waals surface area contributed by atoms with Crippen LogP contribution in [0.1, 0.15) is 239 Å². The summed E-state index contributed by atoms with van der Waals surface area (Å²) in [6, 6.07) is 0. The van der Waals surface area contributed by atoms with E-state index in [1.807, 2.05) is 0 Å².